The highest BCUT2D eigenvalue weighted by Gasteiger charge is 2.07. The van der Waals surface area contributed by atoms with Gasteiger partial charge in [-0.2, -0.15) is 4.98 Å². The number of nitrogens with one attached hydrogen (secondary N) is 1. The van der Waals surface area contributed by atoms with Gasteiger partial charge in [-0.15, -0.1) is 0 Å². The second-order valence-electron chi connectivity index (χ2n) is 4.46. The third kappa shape index (κ3) is 3.68. The molecule has 1 aromatic heterocycles. The lowest BCUT2D eigenvalue weighted by molar-refractivity contribution is 0.326. The maximum absolute atomic E-state index is 5.60. The van der Waals surface area contributed by atoms with Crippen LogP contribution in [-0.4, -0.2) is 16.6 Å². The maximum atomic E-state index is 5.60. The minimum Gasteiger partial charge on any atom is -0.478 e. The molecular weight excluding hydrogens is 252 g/mol. The van der Waals surface area contributed by atoms with Crippen molar-refractivity contribution in [2.24, 2.45) is 5.73 Å². The smallest absolute Gasteiger partial charge is 0.226 e. The molecule has 0 fully saturated rings. The first-order valence-electron chi connectivity index (χ1n) is 6.74. The van der Waals surface area contributed by atoms with Crippen molar-refractivity contribution in [3.8, 4) is 5.88 Å². The third-order valence-corrected chi connectivity index (χ3v) is 2.98. The van der Waals surface area contributed by atoms with E-state index >= 15 is 0 Å². The summed E-state index contributed by atoms with van der Waals surface area (Å²) in [6.45, 7) is 5.14. The van der Waals surface area contributed by atoms with Crippen molar-refractivity contribution in [3.05, 3.63) is 47.7 Å². The minimum absolute atomic E-state index is 0.110. The van der Waals surface area contributed by atoms with Crippen molar-refractivity contribution in [2.75, 3.05) is 11.9 Å². The van der Waals surface area contributed by atoms with Gasteiger partial charge in [0.2, 0.25) is 11.8 Å². The Balaban J connectivity index is 2.06. The second kappa shape index (κ2) is 6.86. The summed E-state index contributed by atoms with van der Waals surface area (Å²) in [6, 6.07) is 10.0. The molecule has 0 bridgehead atoms. The molecule has 0 aliphatic heterocycles. The zero-order valence-corrected chi connectivity index (χ0v) is 11.8. The van der Waals surface area contributed by atoms with Crippen molar-refractivity contribution < 1.29 is 4.74 Å². The summed E-state index contributed by atoms with van der Waals surface area (Å²) < 4.78 is 5.36. The van der Waals surface area contributed by atoms with Gasteiger partial charge in [0.1, 0.15) is 0 Å². The fraction of sp³-hybridized carbons (Fsp3) is 0.333. The van der Waals surface area contributed by atoms with E-state index in [-0.39, 0.29) is 6.04 Å². The molecule has 0 amide bonds. The van der Waals surface area contributed by atoms with Crippen LogP contribution in [-0.2, 0) is 6.54 Å². The number of hydrogen-bond donors (Lipinski definition) is 2. The van der Waals surface area contributed by atoms with Crippen LogP contribution in [0, 0.1) is 0 Å². The molecule has 1 aromatic carbocycles. The molecule has 0 radical (unpaired) electrons. The standard InChI is InChI=1S/C15H20N4O/c1-3-20-14-8-9-17-15(19-14)18-11(2)13-6-4-12(10-16)5-7-13/h4-9,11H,3,10,16H2,1-2H3,(H,17,18,19). The summed E-state index contributed by atoms with van der Waals surface area (Å²) in [6.07, 6.45) is 1.69. The zero-order chi connectivity index (χ0) is 14.4. The van der Waals surface area contributed by atoms with Crippen LogP contribution in [0.15, 0.2) is 36.5 Å². The average Bonchev–Trinajstić information content (AvgIpc) is 2.48. The topological polar surface area (TPSA) is 73.1 Å². The molecule has 106 valence electrons. The van der Waals surface area contributed by atoms with Crippen LogP contribution < -0.4 is 15.8 Å². The van der Waals surface area contributed by atoms with Gasteiger partial charge >= 0.3 is 0 Å². The fourth-order valence-corrected chi connectivity index (χ4v) is 1.86. The van der Waals surface area contributed by atoms with Crippen LogP contribution in [0.4, 0.5) is 5.95 Å². The Morgan fingerprint density at radius 1 is 1.25 bits per heavy atom. The normalized spacial score (nSPS) is 11.9. The SMILES string of the molecule is CCOc1ccnc(NC(C)c2ccc(CN)cc2)n1. The highest BCUT2D eigenvalue weighted by molar-refractivity contribution is 5.34. The first-order chi connectivity index (χ1) is 9.72. The molecule has 0 saturated carbocycles. The van der Waals surface area contributed by atoms with Crippen LogP contribution in [0.3, 0.4) is 0 Å². The predicted octanol–water partition coefficient (Wildman–Crippen LogP) is 2.51. The van der Waals surface area contributed by atoms with E-state index in [4.69, 9.17) is 10.5 Å². The van der Waals surface area contributed by atoms with Gasteiger partial charge < -0.3 is 15.8 Å². The van der Waals surface area contributed by atoms with Crippen LogP contribution >= 0.6 is 0 Å². The Morgan fingerprint density at radius 3 is 2.65 bits per heavy atom. The highest BCUT2D eigenvalue weighted by Crippen LogP contribution is 2.18. The van der Waals surface area contributed by atoms with Gasteiger partial charge in [0.15, 0.2) is 0 Å². The molecule has 20 heavy (non-hydrogen) atoms. The molecule has 5 heteroatoms. The Hall–Kier alpha value is -2.14. The Bertz CT molecular complexity index is 542. The second-order valence-corrected chi connectivity index (χ2v) is 4.46. The molecule has 2 rings (SSSR count). The first kappa shape index (κ1) is 14.3. The fourth-order valence-electron chi connectivity index (χ4n) is 1.86. The number of anilines is 1. The Morgan fingerprint density at radius 2 is 2.00 bits per heavy atom. The van der Waals surface area contributed by atoms with Gasteiger partial charge in [0.25, 0.3) is 0 Å². The summed E-state index contributed by atoms with van der Waals surface area (Å²) in [4.78, 5) is 8.50. The van der Waals surface area contributed by atoms with Crippen molar-refractivity contribution in [2.45, 2.75) is 26.4 Å². The van der Waals surface area contributed by atoms with Crippen molar-refractivity contribution in [1.29, 1.82) is 0 Å². The van der Waals surface area contributed by atoms with Crippen LogP contribution in [0.2, 0.25) is 0 Å². The summed E-state index contributed by atoms with van der Waals surface area (Å²) in [7, 11) is 0. The summed E-state index contributed by atoms with van der Waals surface area (Å²) >= 11 is 0. The summed E-state index contributed by atoms with van der Waals surface area (Å²) in [5.74, 6) is 1.14. The number of ether oxygens (including phenoxy) is 1. The first-order valence-corrected chi connectivity index (χ1v) is 6.74. The zero-order valence-electron chi connectivity index (χ0n) is 11.8. The molecule has 1 unspecified atom stereocenters. The van der Waals surface area contributed by atoms with E-state index in [0.717, 1.165) is 11.1 Å². The Labute approximate surface area is 119 Å². The van der Waals surface area contributed by atoms with Crippen LogP contribution in [0.5, 0.6) is 5.88 Å². The number of aromatic nitrogens is 2. The molecule has 2 aromatic rings. The van der Waals surface area contributed by atoms with E-state index in [1.54, 1.807) is 12.3 Å². The van der Waals surface area contributed by atoms with Gasteiger partial charge in [-0.05, 0) is 25.0 Å². The molecular formula is C15H20N4O. The quantitative estimate of drug-likeness (QED) is 0.845. The molecule has 1 atom stereocenters. The minimum atomic E-state index is 0.110. The van der Waals surface area contributed by atoms with Crippen LogP contribution in [0.25, 0.3) is 0 Å². The molecule has 5 nitrogen and oxygen atoms in total. The molecule has 0 aliphatic carbocycles. The number of rotatable bonds is 6. The largest absolute Gasteiger partial charge is 0.478 e. The number of nitrogens with zero attached hydrogens (tertiary/aromatic N) is 2. The molecule has 0 aliphatic rings. The van der Waals surface area contributed by atoms with Crippen LogP contribution in [0.1, 0.15) is 31.0 Å². The van der Waals surface area contributed by atoms with E-state index in [0.29, 0.717) is 25.0 Å². The summed E-state index contributed by atoms with van der Waals surface area (Å²) in [5, 5.41) is 3.26. The monoisotopic (exact) mass is 272 g/mol. The van der Waals surface area contributed by atoms with Gasteiger partial charge in [-0.25, -0.2) is 4.98 Å². The van der Waals surface area contributed by atoms with Gasteiger partial charge in [-0.1, -0.05) is 24.3 Å². The molecule has 3 N–H and O–H groups in total. The van der Waals surface area contributed by atoms with E-state index in [1.165, 1.54) is 0 Å². The van der Waals surface area contributed by atoms with Gasteiger partial charge in [-0.3, -0.25) is 0 Å². The molecule has 1 heterocycles. The number of benzene rings is 1. The maximum Gasteiger partial charge on any atom is 0.226 e. The third-order valence-electron chi connectivity index (χ3n) is 2.98. The van der Waals surface area contributed by atoms with Gasteiger partial charge in [0, 0.05) is 18.8 Å². The number of hydrogen-bond acceptors (Lipinski definition) is 5. The summed E-state index contributed by atoms with van der Waals surface area (Å²) in [5.41, 5.74) is 7.88. The predicted molar refractivity (Wildman–Crippen MR) is 79.6 cm³/mol. The van der Waals surface area contributed by atoms with E-state index < -0.39 is 0 Å². The van der Waals surface area contributed by atoms with Crippen molar-refractivity contribution >= 4 is 5.95 Å². The van der Waals surface area contributed by atoms with E-state index in [2.05, 4.69) is 34.3 Å². The average molecular weight is 272 g/mol. The molecule has 0 spiro atoms. The van der Waals surface area contributed by atoms with E-state index in [1.807, 2.05) is 19.1 Å². The highest BCUT2D eigenvalue weighted by atomic mass is 16.5. The lowest BCUT2D eigenvalue weighted by atomic mass is 10.1. The van der Waals surface area contributed by atoms with Gasteiger partial charge in [0.05, 0.1) is 12.6 Å². The lowest BCUT2D eigenvalue weighted by Gasteiger charge is -2.15. The Kier molecular flexibility index (Phi) is 4.90. The molecule has 0 saturated heterocycles. The van der Waals surface area contributed by atoms with Crippen molar-refractivity contribution in [1.82, 2.24) is 9.97 Å². The number of nitrogens with two attached hydrogens (primary N) is 1. The van der Waals surface area contributed by atoms with Crippen molar-refractivity contribution in [3.63, 3.8) is 0 Å². The van der Waals surface area contributed by atoms with E-state index in [9.17, 15) is 0 Å². The lowest BCUT2D eigenvalue weighted by Crippen LogP contribution is -2.10.